The number of methoxy groups -OCH3 is 1. The van der Waals surface area contributed by atoms with E-state index in [-0.39, 0.29) is 0 Å². The molecule has 2 aromatic heterocycles. The van der Waals surface area contributed by atoms with Crippen LogP contribution in [-0.4, -0.2) is 26.2 Å². The molecule has 5 nitrogen and oxygen atoms in total. The van der Waals surface area contributed by atoms with Crippen molar-refractivity contribution in [2.24, 2.45) is 0 Å². The third-order valence-electron chi connectivity index (χ3n) is 5.91. The number of nitrogens with zero attached hydrogens (tertiary/aromatic N) is 4. The Labute approximate surface area is 182 Å². The molecule has 0 bridgehead atoms. The molecular weight excluding hydrogens is 384 g/mol. The summed E-state index contributed by atoms with van der Waals surface area (Å²) in [7, 11) is 1.70. The van der Waals surface area contributed by atoms with E-state index in [1.807, 2.05) is 17.7 Å². The van der Waals surface area contributed by atoms with Gasteiger partial charge in [-0.1, -0.05) is 42.5 Å². The third kappa shape index (κ3) is 3.67. The Morgan fingerprint density at radius 3 is 2.68 bits per heavy atom. The third-order valence-corrected chi connectivity index (χ3v) is 5.91. The largest absolute Gasteiger partial charge is 0.495 e. The number of aryl methyl sites for hydroxylation is 1. The molecule has 4 aromatic rings. The number of imidazole rings is 2. The molecule has 0 amide bonds. The quantitative estimate of drug-likeness (QED) is 0.433. The minimum atomic E-state index is 0.818. The van der Waals surface area contributed by atoms with Gasteiger partial charge in [-0.25, -0.2) is 9.97 Å². The number of rotatable bonds is 5. The molecule has 31 heavy (non-hydrogen) atoms. The van der Waals surface area contributed by atoms with Gasteiger partial charge in [-0.05, 0) is 50.0 Å². The lowest BCUT2D eigenvalue weighted by Gasteiger charge is -2.16. The zero-order valence-electron chi connectivity index (χ0n) is 18.0. The van der Waals surface area contributed by atoms with E-state index in [0.29, 0.717) is 0 Å². The maximum atomic E-state index is 5.67. The Morgan fingerprint density at radius 2 is 1.90 bits per heavy atom. The summed E-state index contributed by atoms with van der Waals surface area (Å²) in [5.41, 5.74) is 5.71. The maximum absolute atomic E-state index is 5.67. The number of benzene rings is 2. The molecule has 156 valence electrons. The lowest BCUT2D eigenvalue weighted by atomic mass is 10.0. The smallest absolute Gasteiger partial charge is 0.143 e. The lowest BCUT2D eigenvalue weighted by molar-refractivity contribution is 0.412. The Kier molecular flexibility index (Phi) is 5.16. The first-order valence-electron chi connectivity index (χ1n) is 10.8. The van der Waals surface area contributed by atoms with Crippen molar-refractivity contribution in [2.75, 3.05) is 7.11 Å². The van der Waals surface area contributed by atoms with E-state index in [1.165, 1.54) is 24.1 Å². The van der Waals surface area contributed by atoms with Gasteiger partial charge < -0.3 is 13.9 Å². The molecule has 0 saturated carbocycles. The summed E-state index contributed by atoms with van der Waals surface area (Å²) < 4.78 is 10.1. The van der Waals surface area contributed by atoms with Gasteiger partial charge in [0, 0.05) is 30.2 Å². The van der Waals surface area contributed by atoms with Crippen LogP contribution in [0.4, 0.5) is 0 Å². The van der Waals surface area contributed by atoms with Crippen LogP contribution in [0, 0.1) is 6.92 Å². The monoisotopic (exact) mass is 410 g/mol. The molecule has 0 atom stereocenters. The Bertz CT molecular complexity index is 1230. The second-order valence-electron chi connectivity index (χ2n) is 7.85. The first kappa shape index (κ1) is 19.4. The van der Waals surface area contributed by atoms with Gasteiger partial charge >= 0.3 is 0 Å². The van der Waals surface area contributed by atoms with Crippen LogP contribution in [0.1, 0.15) is 35.7 Å². The van der Waals surface area contributed by atoms with Crippen molar-refractivity contribution in [1.82, 2.24) is 19.1 Å². The predicted octanol–water partition coefficient (Wildman–Crippen LogP) is 5.56. The average molecular weight is 411 g/mol. The van der Waals surface area contributed by atoms with Crippen molar-refractivity contribution in [3.63, 3.8) is 0 Å². The van der Waals surface area contributed by atoms with E-state index in [4.69, 9.17) is 9.72 Å². The molecule has 5 heteroatoms. The molecular formula is C26H26N4O. The first-order valence-corrected chi connectivity index (χ1v) is 10.8. The predicted molar refractivity (Wildman–Crippen MR) is 124 cm³/mol. The summed E-state index contributed by atoms with van der Waals surface area (Å²) in [5.74, 6) is 2.76. The molecule has 3 heterocycles. The SMILES string of the molecule is COc1cc(/C=C/c2nc(-c3ccccc3)c3n2CCCC3)ccc1-n1ccnc1C. The standard InChI is InChI=1S/C26H26N4O/c1-19-27-15-17-29(19)22-13-11-20(18-24(22)31-2)12-14-25-28-26(21-8-4-3-5-9-21)23-10-6-7-16-30(23)25/h3-5,8-9,11-15,17-18H,6-7,10,16H2,1-2H3/b14-12+. The summed E-state index contributed by atoms with van der Waals surface area (Å²) in [6.45, 7) is 3.01. The van der Waals surface area contributed by atoms with Crippen molar-refractivity contribution in [3.05, 3.63) is 83.8 Å². The number of aromatic nitrogens is 4. The van der Waals surface area contributed by atoms with Crippen molar-refractivity contribution in [2.45, 2.75) is 32.7 Å². The van der Waals surface area contributed by atoms with E-state index in [1.54, 1.807) is 13.3 Å². The van der Waals surface area contributed by atoms with Crippen LogP contribution in [0.15, 0.2) is 60.9 Å². The van der Waals surface area contributed by atoms with Crippen LogP contribution in [-0.2, 0) is 13.0 Å². The van der Waals surface area contributed by atoms with Gasteiger partial charge in [0.25, 0.3) is 0 Å². The number of ether oxygens (including phenoxy) is 1. The van der Waals surface area contributed by atoms with E-state index in [2.05, 4.69) is 70.2 Å². The van der Waals surface area contributed by atoms with Crippen LogP contribution in [0.25, 0.3) is 29.1 Å². The molecule has 5 rings (SSSR count). The van der Waals surface area contributed by atoms with Gasteiger partial charge in [0.1, 0.15) is 17.4 Å². The fourth-order valence-electron chi connectivity index (χ4n) is 4.33. The summed E-state index contributed by atoms with van der Waals surface area (Å²) in [6, 6.07) is 16.7. The van der Waals surface area contributed by atoms with Crippen molar-refractivity contribution >= 4 is 12.2 Å². The fraction of sp³-hybridized carbons (Fsp3) is 0.231. The fourth-order valence-corrected chi connectivity index (χ4v) is 4.33. The second-order valence-corrected chi connectivity index (χ2v) is 7.85. The molecule has 0 unspecified atom stereocenters. The molecule has 0 spiro atoms. The van der Waals surface area contributed by atoms with Gasteiger partial charge in [0.15, 0.2) is 0 Å². The number of hydrogen-bond donors (Lipinski definition) is 0. The van der Waals surface area contributed by atoms with Crippen LogP contribution >= 0.6 is 0 Å². The highest BCUT2D eigenvalue weighted by Crippen LogP contribution is 2.30. The molecule has 0 radical (unpaired) electrons. The van der Waals surface area contributed by atoms with Crippen molar-refractivity contribution in [3.8, 4) is 22.7 Å². The van der Waals surface area contributed by atoms with Crippen LogP contribution < -0.4 is 4.74 Å². The highest BCUT2D eigenvalue weighted by Gasteiger charge is 2.19. The summed E-state index contributed by atoms with van der Waals surface area (Å²) >= 11 is 0. The summed E-state index contributed by atoms with van der Waals surface area (Å²) in [5, 5.41) is 0. The number of hydrogen-bond acceptors (Lipinski definition) is 3. The molecule has 0 saturated heterocycles. The van der Waals surface area contributed by atoms with Crippen molar-refractivity contribution < 1.29 is 4.74 Å². The molecule has 0 N–H and O–H groups in total. The van der Waals surface area contributed by atoms with Crippen molar-refractivity contribution in [1.29, 1.82) is 0 Å². The highest BCUT2D eigenvalue weighted by atomic mass is 16.5. The van der Waals surface area contributed by atoms with E-state index >= 15 is 0 Å². The highest BCUT2D eigenvalue weighted by molar-refractivity contribution is 5.72. The molecule has 0 fully saturated rings. The topological polar surface area (TPSA) is 44.9 Å². The van der Waals surface area contributed by atoms with Crippen LogP contribution in [0.5, 0.6) is 5.75 Å². The zero-order chi connectivity index (χ0) is 21.2. The average Bonchev–Trinajstić information content (AvgIpc) is 3.41. The minimum absolute atomic E-state index is 0.818. The zero-order valence-corrected chi connectivity index (χ0v) is 18.0. The summed E-state index contributed by atoms with van der Waals surface area (Å²) in [6.07, 6.45) is 11.5. The van der Waals surface area contributed by atoms with E-state index in [0.717, 1.165) is 47.3 Å². The maximum Gasteiger partial charge on any atom is 0.143 e. The Morgan fingerprint density at radius 1 is 1.03 bits per heavy atom. The van der Waals surface area contributed by atoms with Gasteiger partial charge in [0.2, 0.25) is 0 Å². The lowest BCUT2D eigenvalue weighted by Crippen LogP contribution is -2.11. The summed E-state index contributed by atoms with van der Waals surface area (Å²) in [4.78, 5) is 9.34. The van der Waals surface area contributed by atoms with Gasteiger partial charge in [-0.3, -0.25) is 0 Å². The molecule has 2 aromatic carbocycles. The number of fused-ring (bicyclic) bond motifs is 1. The van der Waals surface area contributed by atoms with Crippen LogP contribution in [0.3, 0.4) is 0 Å². The normalized spacial score (nSPS) is 13.5. The van der Waals surface area contributed by atoms with E-state index in [9.17, 15) is 0 Å². The molecule has 1 aliphatic heterocycles. The van der Waals surface area contributed by atoms with Gasteiger partial charge in [-0.2, -0.15) is 0 Å². The van der Waals surface area contributed by atoms with E-state index < -0.39 is 0 Å². The van der Waals surface area contributed by atoms with Crippen LogP contribution in [0.2, 0.25) is 0 Å². The van der Waals surface area contributed by atoms with Gasteiger partial charge in [0.05, 0.1) is 18.5 Å². The van der Waals surface area contributed by atoms with Gasteiger partial charge in [-0.15, -0.1) is 0 Å². The second kappa shape index (κ2) is 8.26. The molecule has 0 aliphatic carbocycles. The minimum Gasteiger partial charge on any atom is -0.495 e. The first-order chi connectivity index (χ1) is 15.2. The molecule has 1 aliphatic rings. The Balaban J connectivity index is 1.50. The Hall–Kier alpha value is -3.60.